The average molecular weight is 253 g/mol. The number of hydrogen-bond donors (Lipinski definition) is 1. The van der Waals surface area contributed by atoms with Gasteiger partial charge in [-0.2, -0.15) is 13.2 Å². The summed E-state index contributed by atoms with van der Waals surface area (Å²) in [7, 11) is 0. The third kappa shape index (κ3) is 4.26. The van der Waals surface area contributed by atoms with Gasteiger partial charge in [-0.15, -0.1) is 11.6 Å². The molecular formula is C10H12ClF3N2. The van der Waals surface area contributed by atoms with Crippen LogP contribution in [0.3, 0.4) is 0 Å². The molecule has 1 N–H and O–H groups in total. The molecule has 0 saturated heterocycles. The van der Waals surface area contributed by atoms with Crippen molar-refractivity contribution in [1.82, 2.24) is 4.98 Å². The highest BCUT2D eigenvalue weighted by molar-refractivity contribution is 6.17. The fourth-order valence-electron chi connectivity index (χ4n) is 1.13. The van der Waals surface area contributed by atoms with Gasteiger partial charge in [0.1, 0.15) is 11.5 Å². The van der Waals surface area contributed by atoms with E-state index in [0.29, 0.717) is 12.4 Å². The number of nitrogens with one attached hydrogen (secondary N) is 1. The van der Waals surface area contributed by atoms with Crippen LogP contribution in [0.15, 0.2) is 18.2 Å². The Morgan fingerprint density at radius 1 is 1.25 bits per heavy atom. The number of anilines is 1. The fourth-order valence-corrected chi connectivity index (χ4v) is 1.32. The monoisotopic (exact) mass is 252 g/mol. The summed E-state index contributed by atoms with van der Waals surface area (Å²) in [6.07, 6.45) is -2.76. The van der Waals surface area contributed by atoms with E-state index >= 15 is 0 Å². The maximum atomic E-state index is 12.3. The summed E-state index contributed by atoms with van der Waals surface area (Å²) in [6.45, 7) is 0.570. The number of pyridine rings is 1. The van der Waals surface area contributed by atoms with Crippen molar-refractivity contribution in [2.45, 2.75) is 19.0 Å². The molecule has 0 fully saturated rings. The largest absolute Gasteiger partial charge is 0.433 e. The Bertz CT molecular complexity index is 328. The second-order valence-corrected chi connectivity index (χ2v) is 3.61. The number of aromatic nitrogens is 1. The van der Waals surface area contributed by atoms with Crippen molar-refractivity contribution in [3.8, 4) is 0 Å². The van der Waals surface area contributed by atoms with E-state index in [-0.39, 0.29) is 5.82 Å². The van der Waals surface area contributed by atoms with E-state index in [0.717, 1.165) is 18.9 Å². The van der Waals surface area contributed by atoms with E-state index in [2.05, 4.69) is 10.3 Å². The van der Waals surface area contributed by atoms with Crippen molar-refractivity contribution in [3.05, 3.63) is 23.9 Å². The lowest BCUT2D eigenvalue weighted by atomic mass is 10.3. The van der Waals surface area contributed by atoms with E-state index in [1.807, 2.05) is 0 Å². The summed E-state index contributed by atoms with van der Waals surface area (Å²) in [6, 6.07) is 3.79. The van der Waals surface area contributed by atoms with Crippen LogP contribution in [0.4, 0.5) is 19.0 Å². The summed E-state index contributed by atoms with van der Waals surface area (Å²) in [4.78, 5) is 3.47. The minimum absolute atomic E-state index is 0.240. The van der Waals surface area contributed by atoms with E-state index in [4.69, 9.17) is 11.6 Å². The van der Waals surface area contributed by atoms with Crippen LogP contribution in [0, 0.1) is 0 Å². The van der Waals surface area contributed by atoms with Gasteiger partial charge in [0.15, 0.2) is 0 Å². The first-order valence-corrected chi connectivity index (χ1v) is 5.41. The van der Waals surface area contributed by atoms with E-state index in [1.54, 1.807) is 0 Å². The van der Waals surface area contributed by atoms with Gasteiger partial charge in [-0.25, -0.2) is 4.98 Å². The zero-order chi connectivity index (χ0) is 12.0. The van der Waals surface area contributed by atoms with Crippen LogP contribution in [0.5, 0.6) is 0 Å². The van der Waals surface area contributed by atoms with Crippen LogP contribution in [0.2, 0.25) is 0 Å². The maximum Gasteiger partial charge on any atom is 0.433 e. The number of rotatable bonds is 5. The Morgan fingerprint density at radius 3 is 2.62 bits per heavy atom. The van der Waals surface area contributed by atoms with Crippen LogP contribution in [0.1, 0.15) is 18.5 Å². The number of alkyl halides is 4. The molecule has 0 unspecified atom stereocenters. The molecule has 6 heteroatoms. The number of hydrogen-bond acceptors (Lipinski definition) is 2. The molecule has 0 amide bonds. The van der Waals surface area contributed by atoms with E-state index in [9.17, 15) is 13.2 Å². The first kappa shape index (κ1) is 13.1. The van der Waals surface area contributed by atoms with Crippen LogP contribution >= 0.6 is 11.6 Å². The molecule has 0 aliphatic carbocycles. The van der Waals surface area contributed by atoms with Gasteiger partial charge in [0.2, 0.25) is 0 Å². The Morgan fingerprint density at radius 2 is 2.00 bits per heavy atom. The zero-order valence-electron chi connectivity index (χ0n) is 8.52. The van der Waals surface area contributed by atoms with Gasteiger partial charge >= 0.3 is 6.18 Å². The van der Waals surface area contributed by atoms with Gasteiger partial charge in [0.05, 0.1) is 0 Å². The van der Waals surface area contributed by atoms with Gasteiger partial charge < -0.3 is 5.32 Å². The summed E-state index contributed by atoms with van der Waals surface area (Å²) in [5, 5.41) is 2.82. The average Bonchev–Trinajstić information content (AvgIpc) is 2.24. The quantitative estimate of drug-likeness (QED) is 0.641. The highest BCUT2D eigenvalue weighted by Gasteiger charge is 2.32. The number of nitrogens with zero attached hydrogens (tertiary/aromatic N) is 1. The molecular weight excluding hydrogens is 241 g/mol. The molecule has 1 aromatic heterocycles. The number of halogens is 4. The lowest BCUT2D eigenvalue weighted by Gasteiger charge is -2.09. The summed E-state index contributed by atoms with van der Waals surface area (Å²) in [5.41, 5.74) is -0.880. The second-order valence-electron chi connectivity index (χ2n) is 3.23. The Hall–Kier alpha value is -0.970. The minimum Gasteiger partial charge on any atom is -0.370 e. The lowest BCUT2D eigenvalue weighted by molar-refractivity contribution is -0.141. The molecule has 0 radical (unpaired) electrons. The molecule has 0 aliphatic heterocycles. The third-order valence-electron chi connectivity index (χ3n) is 1.91. The lowest BCUT2D eigenvalue weighted by Crippen LogP contribution is -2.10. The Kier molecular flexibility index (Phi) is 4.86. The van der Waals surface area contributed by atoms with Gasteiger partial charge in [-0.1, -0.05) is 6.07 Å². The predicted molar refractivity (Wildman–Crippen MR) is 57.7 cm³/mol. The normalized spacial score (nSPS) is 11.5. The molecule has 1 aromatic rings. The van der Waals surface area contributed by atoms with Crippen LogP contribution in [-0.4, -0.2) is 17.4 Å². The predicted octanol–water partition coefficient (Wildman–Crippen LogP) is 3.53. The zero-order valence-corrected chi connectivity index (χ0v) is 9.28. The van der Waals surface area contributed by atoms with Crippen LogP contribution in [-0.2, 0) is 6.18 Å². The van der Waals surface area contributed by atoms with Gasteiger partial charge in [0.25, 0.3) is 0 Å². The van der Waals surface area contributed by atoms with Crippen molar-refractivity contribution >= 4 is 17.4 Å². The molecule has 0 atom stereocenters. The molecule has 2 nitrogen and oxygen atoms in total. The molecule has 0 spiro atoms. The van der Waals surface area contributed by atoms with Crippen molar-refractivity contribution in [2.24, 2.45) is 0 Å². The van der Waals surface area contributed by atoms with Crippen molar-refractivity contribution < 1.29 is 13.2 Å². The SMILES string of the molecule is FC(F)(F)c1cccc(NCCCCCl)n1. The fraction of sp³-hybridized carbons (Fsp3) is 0.500. The number of unbranched alkanes of at least 4 members (excludes halogenated alkanes) is 1. The van der Waals surface area contributed by atoms with E-state index < -0.39 is 11.9 Å². The van der Waals surface area contributed by atoms with Crippen molar-refractivity contribution in [3.63, 3.8) is 0 Å². The third-order valence-corrected chi connectivity index (χ3v) is 2.17. The molecule has 1 rings (SSSR count). The standard InChI is InChI=1S/C10H12ClF3N2/c11-6-1-2-7-15-9-5-3-4-8(16-9)10(12,13)14/h3-5H,1-2,6-7H2,(H,15,16). The smallest absolute Gasteiger partial charge is 0.370 e. The van der Waals surface area contributed by atoms with Crippen molar-refractivity contribution in [1.29, 1.82) is 0 Å². The summed E-state index contributed by atoms with van der Waals surface area (Å²) >= 11 is 5.48. The van der Waals surface area contributed by atoms with Crippen LogP contribution in [0.25, 0.3) is 0 Å². The highest BCUT2D eigenvalue weighted by Crippen LogP contribution is 2.28. The molecule has 90 valence electrons. The van der Waals surface area contributed by atoms with Gasteiger partial charge in [0, 0.05) is 12.4 Å². The Balaban J connectivity index is 2.54. The second kappa shape index (κ2) is 5.94. The topological polar surface area (TPSA) is 24.9 Å². The molecule has 1 heterocycles. The van der Waals surface area contributed by atoms with Gasteiger partial charge in [-0.3, -0.25) is 0 Å². The van der Waals surface area contributed by atoms with Gasteiger partial charge in [-0.05, 0) is 25.0 Å². The maximum absolute atomic E-state index is 12.3. The molecule has 16 heavy (non-hydrogen) atoms. The summed E-state index contributed by atoms with van der Waals surface area (Å²) < 4.78 is 36.9. The molecule has 0 bridgehead atoms. The summed E-state index contributed by atoms with van der Waals surface area (Å²) in [5.74, 6) is 0.793. The van der Waals surface area contributed by atoms with E-state index in [1.165, 1.54) is 12.1 Å². The molecule has 0 aromatic carbocycles. The van der Waals surface area contributed by atoms with Crippen LogP contribution < -0.4 is 5.32 Å². The first-order chi connectivity index (χ1) is 7.54. The molecule has 0 saturated carbocycles. The minimum atomic E-state index is -4.40. The Labute approximate surface area is 96.8 Å². The highest BCUT2D eigenvalue weighted by atomic mass is 35.5. The first-order valence-electron chi connectivity index (χ1n) is 4.88. The molecule has 0 aliphatic rings. The van der Waals surface area contributed by atoms with Crippen molar-refractivity contribution in [2.75, 3.05) is 17.7 Å².